The minimum atomic E-state index is -0.249. The molecule has 0 atom stereocenters. The number of hydrogen-bond donors (Lipinski definition) is 0. The zero-order valence-corrected chi connectivity index (χ0v) is 23.2. The van der Waals surface area contributed by atoms with Crippen LogP contribution in [0, 0.1) is 11.3 Å². The lowest BCUT2D eigenvalue weighted by atomic mass is 10.1. The lowest BCUT2D eigenvalue weighted by Gasteiger charge is -2.25. The molecule has 0 unspecified atom stereocenters. The van der Waals surface area contributed by atoms with Gasteiger partial charge in [0.15, 0.2) is 0 Å². The molecule has 1 heterocycles. The minimum Gasteiger partial charge on any atom is -0.376 e. The van der Waals surface area contributed by atoms with E-state index in [1.165, 1.54) is 6.08 Å². The monoisotopic (exact) mass is 486 g/mol. The fourth-order valence-electron chi connectivity index (χ4n) is 4.26. The van der Waals surface area contributed by atoms with Crippen LogP contribution in [0.3, 0.4) is 0 Å². The predicted molar refractivity (Wildman–Crippen MR) is 150 cm³/mol. The Morgan fingerprint density at radius 1 is 0.806 bits per heavy atom. The van der Waals surface area contributed by atoms with Crippen LogP contribution in [0.15, 0.2) is 57.9 Å². The number of nitriles is 1. The fourth-order valence-corrected chi connectivity index (χ4v) is 4.26. The molecule has 0 N–H and O–H groups in total. The molecule has 1 aromatic heterocycles. The Morgan fingerprint density at radius 3 is 1.67 bits per heavy atom. The number of aromatic nitrogens is 2. The van der Waals surface area contributed by atoms with Gasteiger partial charge in [-0.05, 0) is 82.7 Å². The van der Waals surface area contributed by atoms with Crippen molar-refractivity contribution < 1.29 is 0 Å². The van der Waals surface area contributed by atoms with Gasteiger partial charge in [0.2, 0.25) is 5.62 Å². The van der Waals surface area contributed by atoms with Crippen molar-refractivity contribution in [3.63, 3.8) is 0 Å². The molecule has 8 heteroatoms. The van der Waals surface area contributed by atoms with Gasteiger partial charge >= 0.3 is 0 Å². The van der Waals surface area contributed by atoms with E-state index in [1.807, 2.05) is 30.3 Å². The van der Waals surface area contributed by atoms with Gasteiger partial charge in [-0.25, -0.2) is 0 Å². The topological polar surface area (TPSA) is 77.2 Å². The molecular weight excluding hydrogens is 448 g/mol. The van der Waals surface area contributed by atoms with Crippen LogP contribution in [0.1, 0.15) is 47.1 Å². The second kappa shape index (κ2) is 10.0. The maximum absolute atomic E-state index is 8.71. The van der Waals surface area contributed by atoms with Gasteiger partial charge in [0.25, 0.3) is 0 Å². The van der Waals surface area contributed by atoms with Crippen molar-refractivity contribution in [3.8, 4) is 6.07 Å². The summed E-state index contributed by atoms with van der Waals surface area (Å²) in [4.78, 5) is 4.28. The normalized spacial score (nSPS) is 12.5. The van der Waals surface area contributed by atoms with Gasteiger partial charge in [-0.2, -0.15) is 5.26 Å². The van der Waals surface area contributed by atoms with Crippen molar-refractivity contribution in [1.82, 2.24) is 9.13 Å². The molecule has 36 heavy (non-hydrogen) atoms. The van der Waals surface area contributed by atoms with Crippen LogP contribution in [0.2, 0.25) is 0 Å². The molecule has 0 saturated heterocycles. The van der Waals surface area contributed by atoms with E-state index in [4.69, 9.17) is 10.4 Å². The maximum atomic E-state index is 8.71. The van der Waals surface area contributed by atoms with Crippen LogP contribution in [-0.2, 0) is 11.1 Å². The lowest BCUT2D eigenvalue weighted by molar-refractivity contribution is 0.342. The Balaban J connectivity index is 2.31. The molecule has 0 saturated carbocycles. The molecule has 2 aromatic carbocycles. The van der Waals surface area contributed by atoms with E-state index in [-0.39, 0.29) is 11.1 Å². The standard InChI is InChI=1S/C28H38N8/c1-27(2,3)35-24-18-22(33(7)8)23(34(9)10)19-25(24)36(28(4,5)6)26(35)31-32-30-21-15-13-20(14-16-21)12-11-17-29/h11-16,18-19H,1-10H3/b12-11+,32-30?. The van der Waals surface area contributed by atoms with Crippen molar-refractivity contribution in [2.24, 2.45) is 15.4 Å². The zero-order chi connectivity index (χ0) is 26.8. The van der Waals surface area contributed by atoms with Crippen LogP contribution in [-0.4, -0.2) is 37.3 Å². The summed E-state index contributed by atoms with van der Waals surface area (Å²) in [5.74, 6) is 0. The first-order chi connectivity index (χ1) is 16.8. The summed E-state index contributed by atoms with van der Waals surface area (Å²) >= 11 is 0. The molecule has 0 aliphatic rings. The molecule has 0 radical (unpaired) electrons. The predicted octanol–water partition coefficient (Wildman–Crippen LogP) is 6.22. The summed E-state index contributed by atoms with van der Waals surface area (Å²) in [7, 11) is 8.27. The summed E-state index contributed by atoms with van der Waals surface area (Å²) in [5.41, 5.74) is 6.32. The average molecular weight is 487 g/mol. The first-order valence-corrected chi connectivity index (χ1v) is 12.0. The number of nitrogens with zero attached hydrogens (tertiary/aromatic N) is 8. The van der Waals surface area contributed by atoms with E-state index in [0.717, 1.165) is 33.6 Å². The summed E-state index contributed by atoms with van der Waals surface area (Å²) in [6.07, 6.45) is 3.20. The van der Waals surface area contributed by atoms with Gasteiger partial charge in [0.1, 0.15) is 0 Å². The summed E-state index contributed by atoms with van der Waals surface area (Å²) < 4.78 is 4.49. The molecule has 0 fully saturated rings. The molecule has 0 spiro atoms. The van der Waals surface area contributed by atoms with E-state index < -0.39 is 0 Å². The third-order valence-corrected chi connectivity index (χ3v) is 5.80. The summed E-state index contributed by atoms with van der Waals surface area (Å²) in [6, 6.07) is 14.0. The third kappa shape index (κ3) is 5.51. The second-order valence-electron chi connectivity index (χ2n) is 11.3. The van der Waals surface area contributed by atoms with Crippen molar-refractivity contribution in [1.29, 1.82) is 5.26 Å². The molecule has 0 amide bonds. The van der Waals surface area contributed by atoms with Gasteiger partial charge in [-0.3, -0.25) is 0 Å². The van der Waals surface area contributed by atoms with Gasteiger partial charge in [0.05, 0.1) is 34.2 Å². The molecule has 3 aromatic rings. The van der Waals surface area contributed by atoms with Gasteiger partial charge in [-0.15, -0.1) is 5.11 Å². The first kappa shape index (κ1) is 26.7. The molecule has 0 bridgehead atoms. The number of allylic oxidation sites excluding steroid dienone is 1. The van der Waals surface area contributed by atoms with E-state index in [9.17, 15) is 0 Å². The van der Waals surface area contributed by atoms with E-state index in [2.05, 4.69) is 111 Å². The highest BCUT2D eigenvalue weighted by atomic mass is 15.4. The Morgan fingerprint density at radius 2 is 1.28 bits per heavy atom. The average Bonchev–Trinajstić information content (AvgIpc) is 3.11. The SMILES string of the molecule is CN(C)c1cc2c(cc1N(C)C)n(C(C)(C)C)c(=NN=Nc1ccc(/C=C/C#N)cc1)n2C(C)(C)C. The van der Waals surface area contributed by atoms with Crippen LogP contribution in [0.4, 0.5) is 17.1 Å². The van der Waals surface area contributed by atoms with Crippen LogP contribution < -0.4 is 15.4 Å². The highest BCUT2D eigenvalue weighted by molar-refractivity contribution is 5.89. The van der Waals surface area contributed by atoms with Crippen LogP contribution in [0.5, 0.6) is 0 Å². The van der Waals surface area contributed by atoms with Crippen LogP contribution >= 0.6 is 0 Å². The highest BCUT2D eigenvalue weighted by Gasteiger charge is 2.28. The minimum absolute atomic E-state index is 0.249. The molecule has 8 nitrogen and oxygen atoms in total. The Bertz CT molecular complexity index is 1330. The first-order valence-electron chi connectivity index (χ1n) is 12.0. The molecule has 190 valence electrons. The molecule has 0 aliphatic heterocycles. The van der Waals surface area contributed by atoms with E-state index in [0.29, 0.717) is 5.69 Å². The summed E-state index contributed by atoms with van der Waals surface area (Å²) in [5, 5.41) is 22.0. The second-order valence-corrected chi connectivity index (χ2v) is 11.3. The Kier molecular flexibility index (Phi) is 7.44. The zero-order valence-electron chi connectivity index (χ0n) is 23.2. The Hall–Kier alpha value is -3.86. The number of benzene rings is 2. The van der Waals surface area contributed by atoms with E-state index in [1.54, 1.807) is 6.08 Å². The number of anilines is 2. The maximum Gasteiger partial charge on any atom is 0.233 e. The van der Waals surface area contributed by atoms with Crippen molar-refractivity contribution in [2.45, 2.75) is 52.6 Å². The van der Waals surface area contributed by atoms with Crippen molar-refractivity contribution in [2.75, 3.05) is 38.0 Å². The quantitative estimate of drug-likeness (QED) is 0.244. The highest BCUT2D eigenvalue weighted by Crippen LogP contribution is 2.35. The van der Waals surface area contributed by atoms with Crippen LogP contribution in [0.25, 0.3) is 17.1 Å². The van der Waals surface area contributed by atoms with E-state index >= 15 is 0 Å². The number of rotatable bonds is 5. The lowest BCUT2D eigenvalue weighted by Crippen LogP contribution is -2.40. The molecule has 0 aliphatic carbocycles. The Labute approximate surface area is 214 Å². The van der Waals surface area contributed by atoms with Gasteiger partial charge < -0.3 is 18.9 Å². The largest absolute Gasteiger partial charge is 0.376 e. The molecule has 3 rings (SSSR count). The number of fused-ring (bicyclic) bond motifs is 1. The number of hydrogen-bond acceptors (Lipinski definition) is 5. The van der Waals surface area contributed by atoms with Gasteiger partial charge in [0, 0.05) is 45.3 Å². The summed E-state index contributed by atoms with van der Waals surface area (Å²) in [6.45, 7) is 13.1. The smallest absolute Gasteiger partial charge is 0.233 e. The van der Waals surface area contributed by atoms with Crippen molar-refractivity contribution in [3.05, 3.63) is 53.7 Å². The fraction of sp³-hybridized carbons (Fsp3) is 0.429. The molecular formula is C28H38N8. The van der Waals surface area contributed by atoms with Gasteiger partial charge in [-0.1, -0.05) is 17.2 Å². The van der Waals surface area contributed by atoms with Crippen molar-refractivity contribution >= 4 is 34.2 Å². The number of imidazole rings is 1. The third-order valence-electron chi connectivity index (χ3n) is 5.80.